The molecule has 2 fully saturated rings. The van der Waals surface area contributed by atoms with E-state index in [0.29, 0.717) is 55.6 Å². The Bertz CT molecular complexity index is 1200. The number of hydroxylamine groups is 1. The second kappa shape index (κ2) is 12.1. The van der Waals surface area contributed by atoms with Gasteiger partial charge in [-0.3, -0.25) is 9.78 Å². The summed E-state index contributed by atoms with van der Waals surface area (Å²) in [5.41, 5.74) is 4.62. The van der Waals surface area contributed by atoms with Crippen LogP contribution >= 0.6 is 12.8 Å². The van der Waals surface area contributed by atoms with Crippen LogP contribution in [-0.4, -0.2) is 56.8 Å². The topological polar surface area (TPSA) is 118 Å². The molecule has 1 atom stereocenters. The van der Waals surface area contributed by atoms with Crippen molar-refractivity contribution in [1.82, 2.24) is 15.4 Å². The van der Waals surface area contributed by atoms with E-state index < -0.39 is 9.58 Å². The van der Waals surface area contributed by atoms with E-state index in [1.54, 1.807) is 12.4 Å². The minimum atomic E-state index is -0.938. The fourth-order valence-electron chi connectivity index (χ4n) is 4.35. The summed E-state index contributed by atoms with van der Waals surface area (Å²) < 4.78 is 10.4. The zero-order chi connectivity index (χ0) is 27.2. The number of hydrogen-bond acceptors (Lipinski definition) is 9. The molecule has 1 saturated heterocycles. The number of carbonyl (C=O) groups excluding carboxylic acids is 1. The highest BCUT2D eigenvalue weighted by molar-refractivity contribution is 7.74. The number of amides is 1. The molecule has 1 unspecified atom stereocenters. The molecule has 2 aliphatic rings. The second-order valence-electron chi connectivity index (χ2n) is 9.34. The summed E-state index contributed by atoms with van der Waals surface area (Å²) in [6.07, 6.45) is 9.52. The van der Waals surface area contributed by atoms with Crippen LogP contribution in [0.4, 0.5) is 5.69 Å². The number of benzene rings is 1. The molecule has 0 spiro atoms. The first kappa shape index (κ1) is 27.8. The van der Waals surface area contributed by atoms with E-state index >= 15 is 0 Å². The van der Waals surface area contributed by atoms with E-state index in [2.05, 4.69) is 45.1 Å². The Hall–Kier alpha value is -3.25. The summed E-state index contributed by atoms with van der Waals surface area (Å²) in [7, 11) is 0. The molecule has 1 aliphatic carbocycles. The molecule has 11 heteroatoms. The number of quaternary nitrogens is 1. The molecule has 38 heavy (non-hydrogen) atoms. The van der Waals surface area contributed by atoms with Gasteiger partial charge in [0.1, 0.15) is 12.8 Å². The third kappa shape index (κ3) is 6.60. The smallest absolute Gasteiger partial charge is 0.236 e. The fourth-order valence-corrected chi connectivity index (χ4v) is 4.69. The molecule has 0 bridgehead atoms. The maximum absolute atomic E-state index is 13.8. The zero-order valence-corrected chi connectivity index (χ0v) is 22.7. The number of thiol groups is 1. The van der Waals surface area contributed by atoms with Gasteiger partial charge in [0.2, 0.25) is 11.8 Å². The summed E-state index contributed by atoms with van der Waals surface area (Å²) in [4.78, 5) is 27.1. The van der Waals surface area contributed by atoms with Crippen molar-refractivity contribution in [2.75, 3.05) is 25.1 Å². The van der Waals surface area contributed by atoms with Crippen molar-refractivity contribution >= 4 is 30.1 Å². The van der Waals surface area contributed by atoms with Crippen molar-refractivity contribution in [3.63, 3.8) is 0 Å². The quantitative estimate of drug-likeness (QED) is 0.144. The lowest BCUT2D eigenvalue weighted by Crippen LogP contribution is -2.49. The highest BCUT2D eigenvalue weighted by Crippen LogP contribution is 2.36. The van der Waals surface area contributed by atoms with Crippen LogP contribution in [0.1, 0.15) is 39.5 Å². The van der Waals surface area contributed by atoms with Crippen LogP contribution in [0.15, 0.2) is 66.2 Å². The molecule has 4 rings (SSSR count). The number of rotatable bonds is 11. The molecule has 202 valence electrons. The Balaban J connectivity index is 1.55. The Kier molecular flexibility index (Phi) is 8.83. The minimum Gasteiger partial charge on any atom is -0.477 e. The summed E-state index contributed by atoms with van der Waals surface area (Å²) in [5, 5.41) is 13.6. The van der Waals surface area contributed by atoms with Gasteiger partial charge in [0, 0.05) is 37.3 Å². The molecule has 10 nitrogen and oxygen atoms in total. The lowest BCUT2D eigenvalue weighted by Gasteiger charge is -2.36. The number of allylic oxidation sites excluding steroid dienone is 2. The maximum Gasteiger partial charge on any atom is 0.236 e. The molecular formula is C27H35N6O4S+. The van der Waals surface area contributed by atoms with Crippen LogP contribution in [0.3, 0.4) is 0 Å². The van der Waals surface area contributed by atoms with Crippen LogP contribution in [-0.2, 0) is 9.53 Å². The van der Waals surface area contributed by atoms with Gasteiger partial charge in [-0.2, -0.15) is 10.6 Å². The summed E-state index contributed by atoms with van der Waals surface area (Å²) in [6.45, 7) is 9.07. The predicted molar refractivity (Wildman–Crippen MR) is 148 cm³/mol. The number of nitrogens with one attached hydrogen (secondary N) is 2. The molecule has 1 aromatic carbocycles. The zero-order valence-electron chi connectivity index (χ0n) is 21.8. The molecule has 1 saturated carbocycles. The van der Waals surface area contributed by atoms with Gasteiger partial charge in [0.15, 0.2) is 11.9 Å². The van der Waals surface area contributed by atoms with Crippen LogP contribution in [0.2, 0.25) is 0 Å². The van der Waals surface area contributed by atoms with Crippen LogP contribution in [0.5, 0.6) is 5.88 Å². The third-order valence-electron chi connectivity index (χ3n) is 6.54. The molecular weight excluding hydrogens is 504 g/mol. The summed E-state index contributed by atoms with van der Waals surface area (Å²) in [5.74, 6) is 0.498. The van der Waals surface area contributed by atoms with Gasteiger partial charge in [0.05, 0.1) is 35.8 Å². The van der Waals surface area contributed by atoms with Crippen molar-refractivity contribution < 1.29 is 23.6 Å². The first-order valence-electron chi connectivity index (χ1n) is 12.7. The van der Waals surface area contributed by atoms with Crippen LogP contribution < -0.4 is 15.5 Å². The number of anilines is 1. The van der Waals surface area contributed by atoms with Gasteiger partial charge in [-0.15, -0.1) is 0 Å². The summed E-state index contributed by atoms with van der Waals surface area (Å²) in [6, 6.07) is 7.39. The molecule has 3 N–H and O–H groups in total. The molecule has 1 aliphatic heterocycles. The SMILES string of the molecule is C=C(/N=C(\C=C/C)C1(C(=O)Nc2ccc(-c3cncc(OCC)n3)cc2)CCOCC1)N[N+](O)(S)C1CC1. The van der Waals surface area contributed by atoms with E-state index in [1.165, 1.54) is 0 Å². The van der Waals surface area contributed by atoms with Crippen LogP contribution in [0.25, 0.3) is 11.3 Å². The number of aliphatic imine (C=N–C) groups is 1. The van der Waals surface area contributed by atoms with Gasteiger partial charge in [-0.05, 0) is 49.1 Å². The minimum absolute atomic E-state index is 0.0219. The monoisotopic (exact) mass is 539 g/mol. The largest absolute Gasteiger partial charge is 0.477 e. The average Bonchev–Trinajstić information content (AvgIpc) is 3.76. The average molecular weight is 540 g/mol. The molecule has 2 heterocycles. The second-order valence-corrected chi connectivity index (χ2v) is 9.95. The normalized spacial score (nSPS) is 19.0. The van der Waals surface area contributed by atoms with Crippen molar-refractivity contribution in [3.8, 4) is 17.1 Å². The Morgan fingerprint density at radius 3 is 2.66 bits per heavy atom. The van der Waals surface area contributed by atoms with E-state index in [1.807, 2.05) is 50.3 Å². The maximum atomic E-state index is 13.8. The molecule has 1 amide bonds. The molecule has 0 radical (unpaired) electrons. The Morgan fingerprint density at radius 1 is 1.32 bits per heavy atom. The van der Waals surface area contributed by atoms with E-state index in [9.17, 15) is 10.0 Å². The number of ether oxygens (including phenoxy) is 2. The van der Waals surface area contributed by atoms with Gasteiger partial charge in [-0.1, -0.05) is 24.8 Å². The van der Waals surface area contributed by atoms with E-state index in [4.69, 9.17) is 9.47 Å². The highest BCUT2D eigenvalue weighted by Gasteiger charge is 2.46. The van der Waals surface area contributed by atoms with E-state index in [-0.39, 0.29) is 17.8 Å². The van der Waals surface area contributed by atoms with Crippen molar-refractivity contribution in [1.29, 1.82) is 0 Å². The highest BCUT2D eigenvalue weighted by atomic mass is 32.1. The van der Waals surface area contributed by atoms with Gasteiger partial charge >= 0.3 is 0 Å². The first-order valence-corrected chi connectivity index (χ1v) is 13.1. The lowest BCUT2D eigenvalue weighted by molar-refractivity contribution is -1.03. The van der Waals surface area contributed by atoms with Gasteiger partial charge in [0.25, 0.3) is 0 Å². The lowest BCUT2D eigenvalue weighted by atomic mass is 9.74. The predicted octanol–water partition coefficient (Wildman–Crippen LogP) is 4.48. The number of hydrogen-bond donors (Lipinski definition) is 4. The Morgan fingerprint density at radius 2 is 2.03 bits per heavy atom. The van der Waals surface area contributed by atoms with Crippen LogP contribution in [0, 0.1) is 5.41 Å². The number of carbonyl (C=O) groups is 1. The van der Waals surface area contributed by atoms with Crippen molar-refractivity contribution in [2.24, 2.45) is 10.4 Å². The number of aromatic nitrogens is 2. The third-order valence-corrected chi connectivity index (χ3v) is 6.97. The standard InChI is InChI=1S/C27H34N6O4S/c1-4-6-24(29-19(3)32-33(35,38)22-11-12-22)27(13-15-36-16-14-27)26(34)30-21-9-7-20(8-10-21)23-17-28-18-25(31-23)37-5-2/h4,6-10,17-18,22,32,35,38H,3,5,11-16H2,1-2H3/p+1/b6-4-,29-24+. The first-order chi connectivity index (χ1) is 18.3. The molecule has 2 aromatic rings. The molecule has 1 aromatic heterocycles. The fraction of sp³-hybridized carbons (Fsp3) is 0.407. The van der Waals surface area contributed by atoms with Gasteiger partial charge < -0.3 is 14.8 Å². The van der Waals surface area contributed by atoms with Crippen molar-refractivity contribution in [2.45, 2.75) is 45.6 Å². The van der Waals surface area contributed by atoms with Crippen molar-refractivity contribution in [3.05, 3.63) is 61.2 Å². The Labute approximate surface area is 228 Å². The van der Waals surface area contributed by atoms with E-state index in [0.717, 1.165) is 18.4 Å². The van der Waals surface area contributed by atoms with Gasteiger partial charge in [-0.25, -0.2) is 9.98 Å². The summed E-state index contributed by atoms with van der Waals surface area (Å²) >= 11 is 4.28. The number of nitrogens with zero attached hydrogens (tertiary/aromatic N) is 4.